The Labute approximate surface area is 175 Å². The van der Waals surface area contributed by atoms with Crippen LogP contribution >= 0.6 is 0 Å². The van der Waals surface area contributed by atoms with Gasteiger partial charge in [-0.25, -0.2) is 18.5 Å². The lowest BCUT2D eigenvalue weighted by atomic mass is 10.2. The number of carbonyl (C=O) groups is 3. The number of furan rings is 1. The molecule has 7 nitrogen and oxygen atoms in total. The maximum Gasteiger partial charge on any atom is 0.322 e. The molecule has 0 bridgehead atoms. The zero-order valence-corrected chi connectivity index (χ0v) is 16.1. The third-order valence-electron chi connectivity index (χ3n) is 4.85. The highest BCUT2D eigenvalue weighted by Gasteiger charge is 2.44. The van der Waals surface area contributed by atoms with Crippen LogP contribution in [0.3, 0.4) is 0 Å². The number of hydrogen-bond acceptors (Lipinski definition) is 4. The molecule has 1 N–H and O–H groups in total. The van der Waals surface area contributed by atoms with E-state index in [-0.39, 0.29) is 18.7 Å². The highest BCUT2D eigenvalue weighted by atomic mass is 19.1. The Balaban J connectivity index is 1.60. The van der Waals surface area contributed by atoms with Crippen LogP contribution in [0.4, 0.5) is 25.0 Å². The topological polar surface area (TPSA) is 82.9 Å². The average molecular weight is 425 g/mol. The minimum absolute atomic E-state index is 0.0685. The smallest absolute Gasteiger partial charge is 0.322 e. The first-order chi connectivity index (χ1) is 14.9. The summed E-state index contributed by atoms with van der Waals surface area (Å²) in [6, 6.07) is 11.6. The first-order valence-corrected chi connectivity index (χ1v) is 9.40. The number of anilines is 2. The molecule has 1 fully saturated rings. The predicted molar refractivity (Wildman–Crippen MR) is 107 cm³/mol. The molecule has 158 valence electrons. The van der Waals surface area contributed by atoms with Gasteiger partial charge in [-0.15, -0.1) is 0 Å². The van der Waals surface area contributed by atoms with Crippen molar-refractivity contribution in [1.29, 1.82) is 0 Å². The first-order valence-electron chi connectivity index (χ1n) is 9.40. The maximum absolute atomic E-state index is 13.2. The third-order valence-corrected chi connectivity index (χ3v) is 4.85. The fraction of sp³-hybridized carbons (Fsp3) is 0.136. The summed E-state index contributed by atoms with van der Waals surface area (Å²) in [6.45, 7) is -0.0685. The molecule has 3 aromatic rings. The Morgan fingerprint density at radius 1 is 1.03 bits per heavy atom. The summed E-state index contributed by atoms with van der Waals surface area (Å²) in [5.74, 6) is -1.68. The van der Waals surface area contributed by atoms with Gasteiger partial charge in [-0.05, 0) is 60.7 Å². The van der Waals surface area contributed by atoms with Gasteiger partial charge < -0.3 is 14.6 Å². The minimum Gasteiger partial charge on any atom is -0.467 e. The van der Waals surface area contributed by atoms with Crippen LogP contribution < -0.4 is 10.2 Å². The van der Waals surface area contributed by atoms with Crippen molar-refractivity contribution in [3.8, 4) is 0 Å². The molecule has 1 aliphatic rings. The van der Waals surface area contributed by atoms with Gasteiger partial charge >= 0.3 is 6.03 Å². The number of nitrogens with zero attached hydrogens (tertiary/aromatic N) is 2. The lowest BCUT2D eigenvalue weighted by Crippen LogP contribution is -2.46. The highest BCUT2D eigenvalue weighted by Crippen LogP contribution is 2.27. The van der Waals surface area contributed by atoms with Crippen LogP contribution in [0.25, 0.3) is 0 Å². The number of amides is 4. The van der Waals surface area contributed by atoms with Crippen LogP contribution in [0.5, 0.6) is 0 Å². The van der Waals surface area contributed by atoms with E-state index in [1.165, 1.54) is 47.6 Å². The SMILES string of the molecule is O=C1C[C@@H](N(Cc2ccco2)C(=O)Nc2ccc(F)cc2)C(=O)N1c1ccc(F)cc1. The average Bonchev–Trinajstić information content (AvgIpc) is 3.36. The summed E-state index contributed by atoms with van der Waals surface area (Å²) in [6.07, 6.45) is 1.19. The van der Waals surface area contributed by atoms with E-state index < -0.39 is 35.5 Å². The molecular formula is C22H17F2N3O4. The molecule has 0 saturated carbocycles. The van der Waals surface area contributed by atoms with E-state index in [4.69, 9.17) is 4.42 Å². The summed E-state index contributed by atoms with van der Waals surface area (Å²) in [5, 5.41) is 2.60. The number of urea groups is 1. The van der Waals surface area contributed by atoms with E-state index in [2.05, 4.69) is 5.32 Å². The molecule has 4 amide bonds. The molecule has 0 radical (unpaired) electrons. The van der Waals surface area contributed by atoms with Crippen LogP contribution in [0.1, 0.15) is 12.2 Å². The van der Waals surface area contributed by atoms with E-state index in [9.17, 15) is 23.2 Å². The van der Waals surface area contributed by atoms with Crippen molar-refractivity contribution in [2.75, 3.05) is 10.2 Å². The van der Waals surface area contributed by atoms with Crippen molar-refractivity contribution < 1.29 is 27.6 Å². The number of imide groups is 1. The molecule has 1 atom stereocenters. The molecule has 2 heterocycles. The Bertz CT molecular complexity index is 1100. The maximum atomic E-state index is 13.2. The van der Waals surface area contributed by atoms with Crippen molar-refractivity contribution in [2.45, 2.75) is 19.0 Å². The molecule has 0 unspecified atom stereocenters. The Hall–Kier alpha value is -4.01. The molecule has 0 spiro atoms. The van der Waals surface area contributed by atoms with Crippen LogP contribution in [-0.4, -0.2) is 28.8 Å². The quantitative estimate of drug-likeness (QED) is 0.628. The van der Waals surface area contributed by atoms with Gasteiger partial charge in [0.15, 0.2) is 0 Å². The van der Waals surface area contributed by atoms with Gasteiger partial charge in [0.2, 0.25) is 5.91 Å². The Kier molecular flexibility index (Phi) is 5.48. The van der Waals surface area contributed by atoms with Crippen molar-refractivity contribution >= 4 is 29.2 Å². The van der Waals surface area contributed by atoms with Crippen LogP contribution in [-0.2, 0) is 16.1 Å². The monoisotopic (exact) mass is 425 g/mol. The molecule has 1 aliphatic heterocycles. The minimum atomic E-state index is -1.09. The zero-order valence-electron chi connectivity index (χ0n) is 16.1. The lowest BCUT2D eigenvalue weighted by molar-refractivity contribution is -0.122. The predicted octanol–water partition coefficient (Wildman–Crippen LogP) is 3.92. The summed E-state index contributed by atoms with van der Waals surface area (Å²) in [7, 11) is 0. The Morgan fingerprint density at radius 3 is 2.29 bits per heavy atom. The van der Waals surface area contributed by atoms with Crippen molar-refractivity contribution in [2.24, 2.45) is 0 Å². The normalized spacial score (nSPS) is 15.9. The van der Waals surface area contributed by atoms with E-state index in [0.29, 0.717) is 11.4 Å². The number of hydrogen-bond donors (Lipinski definition) is 1. The molecule has 4 rings (SSSR count). The second kappa shape index (κ2) is 8.39. The molecular weight excluding hydrogens is 408 g/mol. The molecule has 2 aromatic carbocycles. The second-order valence-electron chi connectivity index (χ2n) is 6.91. The molecule has 0 aliphatic carbocycles. The Morgan fingerprint density at radius 2 is 1.68 bits per heavy atom. The van der Waals surface area contributed by atoms with Gasteiger partial charge in [-0.1, -0.05) is 0 Å². The number of rotatable bonds is 5. The van der Waals surface area contributed by atoms with E-state index in [1.807, 2.05) is 0 Å². The molecule has 31 heavy (non-hydrogen) atoms. The number of benzene rings is 2. The van der Waals surface area contributed by atoms with Crippen molar-refractivity contribution in [3.05, 3.63) is 84.3 Å². The third kappa shape index (κ3) is 4.30. The number of halogens is 2. The summed E-state index contributed by atoms with van der Waals surface area (Å²) in [5.41, 5.74) is 0.541. The first kappa shape index (κ1) is 20.3. The standard InChI is InChI=1S/C22H17F2N3O4/c23-14-3-7-16(8-4-14)25-22(30)26(13-18-2-1-11-31-18)19-12-20(28)27(21(19)29)17-9-5-15(24)6-10-17/h1-11,19H,12-13H2,(H,25,30)/t19-/m1/s1. The largest absolute Gasteiger partial charge is 0.467 e. The number of carbonyl (C=O) groups excluding carboxylic acids is 3. The van der Waals surface area contributed by atoms with E-state index >= 15 is 0 Å². The van der Waals surface area contributed by atoms with Crippen LogP contribution in [0.15, 0.2) is 71.3 Å². The zero-order chi connectivity index (χ0) is 22.0. The highest BCUT2D eigenvalue weighted by molar-refractivity contribution is 6.23. The van der Waals surface area contributed by atoms with Gasteiger partial charge in [-0.3, -0.25) is 9.59 Å². The number of nitrogens with one attached hydrogen (secondary N) is 1. The van der Waals surface area contributed by atoms with Crippen LogP contribution in [0, 0.1) is 11.6 Å². The fourth-order valence-corrected chi connectivity index (χ4v) is 3.34. The molecule has 9 heteroatoms. The van der Waals surface area contributed by atoms with Gasteiger partial charge in [0.05, 0.1) is 24.9 Å². The molecule has 1 aromatic heterocycles. The van der Waals surface area contributed by atoms with E-state index in [1.54, 1.807) is 12.1 Å². The summed E-state index contributed by atoms with van der Waals surface area (Å²) < 4.78 is 31.7. The van der Waals surface area contributed by atoms with Gasteiger partial charge in [0, 0.05) is 5.69 Å². The lowest BCUT2D eigenvalue weighted by Gasteiger charge is -2.27. The van der Waals surface area contributed by atoms with Crippen molar-refractivity contribution in [3.63, 3.8) is 0 Å². The van der Waals surface area contributed by atoms with Gasteiger partial charge in [-0.2, -0.15) is 0 Å². The summed E-state index contributed by atoms with van der Waals surface area (Å²) in [4.78, 5) is 40.8. The summed E-state index contributed by atoms with van der Waals surface area (Å²) >= 11 is 0. The second-order valence-corrected chi connectivity index (χ2v) is 6.91. The van der Waals surface area contributed by atoms with Gasteiger partial charge in [0.25, 0.3) is 5.91 Å². The van der Waals surface area contributed by atoms with Gasteiger partial charge in [0.1, 0.15) is 23.4 Å². The van der Waals surface area contributed by atoms with Crippen molar-refractivity contribution in [1.82, 2.24) is 4.90 Å². The van der Waals surface area contributed by atoms with Crippen LogP contribution in [0.2, 0.25) is 0 Å². The van der Waals surface area contributed by atoms with E-state index in [0.717, 1.165) is 17.0 Å². The fourth-order valence-electron chi connectivity index (χ4n) is 3.34. The molecule has 1 saturated heterocycles.